The van der Waals surface area contributed by atoms with Gasteiger partial charge < -0.3 is 15.1 Å². The summed E-state index contributed by atoms with van der Waals surface area (Å²) in [4.78, 5) is 41.7. The van der Waals surface area contributed by atoms with Gasteiger partial charge in [0.05, 0.1) is 15.8 Å². The largest absolute Gasteiger partial charge is 0.346 e. The maximum atomic E-state index is 12.5. The fourth-order valence-electron chi connectivity index (χ4n) is 3.74. The van der Waals surface area contributed by atoms with Gasteiger partial charge >= 0.3 is 0 Å². The number of amides is 3. The Morgan fingerprint density at radius 3 is 2.41 bits per heavy atom. The molecule has 1 aromatic carbocycles. The van der Waals surface area contributed by atoms with Crippen LogP contribution in [-0.4, -0.2) is 36.9 Å². The summed E-state index contributed by atoms with van der Waals surface area (Å²) in [6.07, 6.45) is 8.14. The van der Waals surface area contributed by atoms with Crippen LogP contribution >= 0.6 is 11.3 Å². The van der Waals surface area contributed by atoms with Gasteiger partial charge in [0.25, 0.3) is 5.91 Å². The Balaban J connectivity index is 1.40. The van der Waals surface area contributed by atoms with Gasteiger partial charge in [-0.1, -0.05) is 5.92 Å². The molecule has 0 radical (unpaired) electrons. The van der Waals surface area contributed by atoms with E-state index in [-0.39, 0.29) is 30.2 Å². The van der Waals surface area contributed by atoms with Crippen molar-refractivity contribution in [1.29, 1.82) is 0 Å². The first-order valence-electron chi connectivity index (χ1n) is 9.63. The number of hydrogen-bond acceptors (Lipinski definition) is 4. The van der Waals surface area contributed by atoms with Gasteiger partial charge in [0.15, 0.2) is 0 Å². The van der Waals surface area contributed by atoms with Crippen LogP contribution in [0.5, 0.6) is 0 Å². The van der Waals surface area contributed by atoms with Crippen LogP contribution in [0.25, 0.3) is 0 Å². The smallest absolute Gasteiger partial charge is 0.261 e. The summed E-state index contributed by atoms with van der Waals surface area (Å²) in [7, 11) is 0. The minimum atomic E-state index is -0.255. The quantitative estimate of drug-likeness (QED) is 0.793. The van der Waals surface area contributed by atoms with Crippen molar-refractivity contribution in [1.82, 2.24) is 5.32 Å². The molecular formula is C22H21N3O3S. The number of benzene rings is 1. The highest BCUT2D eigenvalue weighted by atomic mass is 32.1. The molecule has 1 N–H and O–H groups in total. The zero-order chi connectivity index (χ0) is 20.4. The van der Waals surface area contributed by atoms with E-state index >= 15 is 0 Å². The van der Waals surface area contributed by atoms with E-state index < -0.39 is 0 Å². The number of terminal acetylenes is 1. The van der Waals surface area contributed by atoms with Crippen molar-refractivity contribution in [2.45, 2.75) is 31.7 Å². The summed E-state index contributed by atoms with van der Waals surface area (Å²) >= 11 is 1.26. The molecule has 1 aromatic heterocycles. The van der Waals surface area contributed by atoms with E-state index in [9.17, 15) is 14.4 Å². The molecule has 6 nitrogen and oxygen atoms in total. The van der Waals surface area contributed by atoms with Crippen molar-refractivity contribution < 1.29 is 14.4 Å². The van der Waals surface area contributed by atoms with Gasteiger partial charge in [-0.2, -0.15) is 0 Å². The normalized spacial score (nSPS) is 19.3. The van der Waals surface area contributed by atoms with Gasteiger partial charge in [0.2, 0.25) is 11.8 Å². The molecular weight excluding hydrogens is 386 g/mol. The van der Waals surface area contributed by atoms with E-state index in [4.69, 9.17) is 6.42 Å². The van der Waals surface area contributed by atoms with E-state index in [2.05, 4.69) is 11.2 Å². The molecule has 1 atom stereocenters. The number of rotatable bonds is 4. The number of anilines is 2. The standard InChI is InChI=1S/C22H21N3O3S/c1-2-18-10-11-19(29-18)22(28)23-15-13-21(27)25(14-15)17-8-6-16(7-9-17)24-12-4-3-5-20(24)26/h1,6-11,15H,3-5,12-14H2,(H,23,28)/t15-/m1/s1. The van der Waals surface area contributed by atoms with Crippen LogP contribution in [0.3, 0.4) is 0 Å². The van der Waals surface area contributed by atoms with Gasteiger partial charge in [-0.25, -0.2) is 0 Å². The second-order valence-corrected chi connectivity index (χ2v) is 8.29. The number of nitrogens with zero attached hydrogens (tertiary/aromatic N) is 2. The lowest BCUT2D eigenvalue weighted by molar-refractivity contribution is -0.119. The van der Waals surface area contributed by atoms with Crippen LogP contribution in [0, 0.1) is 12.3 Å². The predicted octanol–water partition coefficient (Wildman–Crippen LogP) is 2.78. The van der Waals surface area contributed by atoms with Crippen LogP contribution in [-0.2, 0) is 9.59 Å². The van der Waals surface area contributed by atoms with E-state index in [0.29, 0.717) is 22.7 Å². The highest BCUT2D eigenvalue weighted by molar-refractivity contribution is 7.14. The molecule has 7 heteroatoms. The minimum absolute atomic E-state index is 0.0346. The van der Waals surface area contributed by atoms with Crippen molar-refractivity contribution >= 4 is 40.4 Å². The molecule has 2 aliphatic heterocycles. The average Bonchev–Trinajstić information content (AvgIpc) is 3.35. The molecule has 0 unspecified atom stereocenters. The van der Waals surface area contributed by atoms with E-state index in [0.717, 1.165) is 30.8 Å². The Hall–Kier alpha value is -3.11. The summed E-state index contributed by atoms with van der Waals surface area (Å²) in [5.74, 6) is 2.41. The molecule has 2 saturated heterocycles. The van der Waals surface area contributed by atoms with Gasteiger partial charge in [0, 0.05) is 37.3 Å². The van der Waals surface area contributed by atoms with Crippen molar-refractivity contribution in [2.75, 3.05) is 22.9 Å². The van der Waals surface area contributed by atoms with Crippen LogP contribution in [0.4, 0.5) is 11.4 Å². The second-order valence-electron chi connectivity index (χ2n) is 7.21. The lowest BCUT2D eigenvalue weighted by Crippen LogP contribution is -2.37. The SMILES string of the molecule is C#Cc1ccc(C(=O)N[C@@H]2CC(=O)N(c3ccc(N4CCCCC4=O)cc3)C2)s1. The lowest BCUT2D eigenvalue weighted by atomic mass is 10.1. The Kier molecular flexibility index (Phi) is 5.36. The van der Waals surface area contributed by atoms with Crippen molar-refractivity contribution in [3.8, 4) is 12.3 Å². The third-order valence-corrected chi connectivity index (χ3v) is 6.24. The number of nitrogens with one attached hydrogen (secondary N) is 1. The fourth-order valence-corrected chi connectivity index (χ4v) is 4.46. The third-order valence-electron chi connectivity index (χ3n) is 5.23. The molecule has 4 rings (SSSR count). The topological polar surface area (TPSA) is 69.7 Å². The molecule has 0 bridgehead atoms. The molecule has 0 aliphatic carbocycles. The Morgan fingerprint density at radius 1 is 1.03 bits per heavy atom. The van der Waals surface area contributed by atoms with Crippen LogP contribution in [0.15, 0.2) is 36.4 Å². The maximum Gasteiger partial charge on any atom is 0.261 e. The molecule has 2 aromatic rings. The summed E-state index contributed by atoms with van der Waals surface area (Å²) in [6.45, 7) is 1.15. The fraction of sp³-hybridized carbons (Fsp3) is 0.318. The first-order chi connectivity index (χ1) is 14.0. The van der Waals surface area contributed by atoms with Crippen LogP contribution < -0.4 is 15.1 Å². The molecule has 2 fully saturated rings. The molecule has 0 saturated carbocycles. The Bertz CT molecular complexity index is 989. The number of thiophene rings is 1. The van der Waals surface area contributed by atoms with Gasteiger partial charge in [-0.15, -0.1) is 17.8 Å². The molecule has 2 aliphatic rings. The highest BCUT2D eigenvalue weighted by Crippen LogP contribution is 2.27. The van der Waals surface area contributed by atoms with E-state index in [1.165, 1.54) is 11.3 Å². The summed E-state index contributed by atoms with van der Waals surface area (Å²) < 4.78 is 0. The summed E-state index contributed by atoms with van der Waals surface area (Å²) in [6, 6.07) is 10.7. The van der Waals surface area contributed by atoms with E-state index in [1.54, 1.807) is 21.9 Å². The third kappa shape index (κ3) is 4.03. The summed E-state index contributed by atoms with van der Waals surface area (Å²) in [5.41, 5.74) is 1.63. The van der Waals surface area contributed by atoms with Crippen LogP contribution in [0.1, 0.15) is 40.2 Å². The monoisotopic (exact) mass is 407 g/mol. The number of piperidine rings is 1. The number of carbonyl (C=O) groups is 3. The maximum absolute atomic E-state index is 12.5. The van der Waals surface area contributed by atoms with E-state index in [1.807, 2.05) is 24.3 Å². The van der Waals surface area contributed by atoms with Crippen LogP contribution in [0.2, 0.25) is 0 Å². The first-order valence-corrected chi connectivity index (χ1v) is 10.4. The highest BCUT2D eigenvalue weighted by Gasteiger charge is 2.32. The molecule has 29 heavy (non-hydrogen) atoms. The predicted molar refractivity (Wildman–Crippen MR) is 113 cm³/mol. The van der Waals surface area contributed by atoms with Crippen molar-refractivity contribution in [3.63, 3.8) is 0 Å². The zero-order valence-corrected chi connectivity index (χ0v) is 16.7. The molecule has 3 heterocycles. The summed E-state index contributed by atoms with van der Waals surface area (Å²) in [5, 5.41) is 2.92. The molecule has 148 valence electrons. The Morgan fingerprint density at radius 2 is 1.76 bits per heavy atom. The Labute approximate surface area is 173 Å². The van der Waals surface area contributed by atoms with Gasteiger partial charge in [-0.05, 0) is 49.2 Å². The number of carbonyl (C=O) groups excluding carboxylic acids is 3. The number of hydrogen-bond donors (Lipinski definition) is 1. The average molecular weight is 407 g/mol. The molecule has 0 spiro atoms. The van der Waals surface area contributed by atoms with Crippen molar-refractivity contribution in [2.24, 2.45) is 0 Å². The van der Waals surface area contributed by atoms with Gasteiger partial charge in [0.1, 0.15) is 0 Å². The van der Waals surface area contributed by atoms with Crippen molar-refractivity contribution in [3.05, 3.63) is 46.2 Å². The minimum Gasteiger partial charge on any atom is -0.346 e. The zero-order valence-electron chi connectivity index (χ0n) is 15.9. The van der Waals surface area contributed by atoms with Gasteiger partial charge in [-0.3, -0.25) is 14.4 Å². The second kappa shape index (κ2) is 8.10. The molecule has 3 amide bonds. The first kappa shape index (κ1) is 19.2. The lowest BCUT2D eigenvalue weighted by Gasteiger charge is -2.27.